The minimum absolute atomic E-state index is 0.231. The number of rotatable bonds is 12. The maximum atomic E-state index is 12.5. The third-order valence-electron chi connectivity index (χ3n) is 5.57. The number of halogens is 1. The summed E-state index contributed by atoms with van der Waals surface area (Å²) in [5.74, 6) is 1.09. The quantitative estimate of drug-likeness (QED) is 0.153. The van der Waals surface area contributed by atoms with Crippen molar-refractivity contribution >= 4 is 34.5 Å². The van der Waals surface area contributed by atoms with Gasteiger partial charge in [-0.05, 0) is 55.4 Å². The zero-order valence-electron chi connectivity index (χ0n) is 19.1. The molecule has 0 fully saturated rings. The van der Waals surface area contributed by atoms with E-state index in [9.17, 15) is 9.59 Å². The van der Waals surface area contributed by atoms with Crippen molar-refractivity contribution in [3.8, 4) is 11.5 Å². The molecule has 2 rings (SSSR count). The van der Waals surface area contributed by atoms with Gasteiger partial charge in [0, 0.05) is 17.5 Å². The van der Waals surface area contributed by atoms with Gasteiger partial charge in [0.05, 0.1) is 20.8 Å². The number of cyclic esters (lactones) is 1. The van der Waals surface area contributed by atoms with E-state index in [2.05, 4.69) is 35.6 Å². The van der Waals surface area contributed by atoms with Crippen LogP contribution in [0.4, 0.5) is 0 Å². The van der Waals surface area contributed by atoms with Crippen LogP contribution >= 0.6 is 22.6 Å². The molecule has 6 nitrogen and oxygen atoms in total. The number of fused-ring (bicyclic) bond motifs is 1. The maximum absolute atomic E-state index is 12.5. The number of carbonyl (C=O) groups excluding carboxylic acids is 2. The molecule has 0 spiro atoms. The fourth-order valence-electron chi connectivity index (χ4n) is 3.68. The predicted molar refractivity (Wildman–Crippen MR) is 128 cm³/mol. The number of hydrogen-bond donors (Lipinski definition) is 0. The van der Waals surface area contributed by atoms with Crippen molar-refractivity contribution in [2.45, 2.75) is 59.5 Å². The summed E-state index contributed by atoms with van der Waals surface area (Å²) < 4.78 is 23.2. The molecule has 0 aliphatic carbocycles. The van der Waals surface area contributed by atoms with Crippen molar-refractivity contribution in [3.05, 3.63) is 33.9 Å². The molecule has 1 aromatic rings. The van der Waals surface area contributed by atoms with E-state index in [-0.39, 0.29) is 18.5 Å². The lowest BCUT2D eigenvalue weighted by molar-refractivity contribution is -0.140. The molecule has 7 heteroatoms. The smallest absolute Gasteiger partial charge is 0.342 e. The molecule has 0 amide bonds. The van der Waals surface area contributed by atoms with Crippen molar-refractivity contribution in [3.63, 3.8) is 0 Å². The van der Waals surface area contributed by atoms with Gasteiger partial charge in [0.25, 0.3) is 0 Å². The van der Waals surface area contributed by atoms with E-state index in [1.165, 1.54) is 7.11 Å². The Morgan fingerprint density at radius 3 is 2.65 bits per heavy atom. The Hall–Kier alpha value is -1.77. The molecule has 1 unspecified atom stereocenters. The number of allylic oxidation sites excluding steroid dienone is 2. The number of ether oxygens (including phenoxy) is 4. The number of carbonyl (C=O) groups is 2. The van der Waals surface area contributed by atoms with E-state index < -0.39 is 0 Å². The van der Waals surface area contributed by atoms with Crippen molar-refractivity contribution in [2.24, 2.45) is 5.92 Å². The standard InChI is InChI=1S/C24H33IO6/c1-15(9-11-20(26)28-4)8-10-18-22(29-5)17(3)19-14-31-24(27)21(19)23(18)30-13-16(2)7-6-12-25/h8,16H,6-7,9-14H2,1-5H3/b15-8+. The summed E-state index contributed by atoms with van der Waals surface area (Å²) >= 11 is 2.38. The van der Waals surface area contributed by atoms with Gasteiger partial charge in [0.2, 0.25) is 0 Å². The van der Waals surface area contributed by atoms with Crippen molar-refractivity contribution < 1.29 is 28.5 Å². The molecule has 1 aromatic carbocycles. The Bertz CT molecular complexity index is 830. The molecule has 31 heavy (non-hydrogen) atoms. The van der Waals surface area contributed by atoms with Gasteiger partial charge in [-0.25, -0.2) is 4.79 Å². The van der Waals surface area contributed by atoms with Gasteiger partial charge in [-0.1, -0.05) is 41.2 Å². The van der Waals surface area contributed by atoms with Gasteiger partial charge in [0.15, 0.2) is 0 Å². The summed E-state index contributed by atoms with van der Waals surface area (Å²) in [6.07, 6.45) is 5.75. The molecule has 1 heterocycles. The zero-order chi connectivity index (χ0) is 23.0. The second-order valence-corrected chi connectivity index (χ2v) is 9.05. The minimum atomic E-state index is -0.344. The van der Waals surface area contributed by atoms with Crippen LogP contribution in [0.3, 0.4) is 0 Å². The maximum Gasteiger partial charge on any atom is 0.342 e. The monoisotopic (exact) mass is 544 g/mol. The normalized spacial score (nSPS) is 14.1. The van der Waals surface area contributed by atoms with Crippen LogP contribution in [0.5, 0.6) is 11.5 Å². The minimum Gasteiger partial charge on any atom is -0.496 e. The van der Waals surface area contributed by atoms with Crippen LogP contribution in [0.15, 0.2) is 11.6 Å². The summed E-state index contributed by atoms with van der Waals surface area (Å²) in [4.78, 5) is 24.0. The van der Waals surface area contributed by atoms with E-state index in [1.807, 2.05) is 13.8 Å². The Labute approximate surface area is 198 Å². The predicted octanol–water partition coefficient (Wildman–Crippen LogP) is 5.35. The molecule has 0 N–H and O–H groups in total. The first-order valence-electron chi connectivity index (χ1n) is 10.6. The molecule has 0 radical (unpaired) electrons. The van der Waals surface area contributed by atoms with Crippen LogP contribution in [0.25, 0.3) is 0 Å². The fourth-order valence-corrected chi connectivity index (χ4v) is 4.12. The average molecular weight is 544 g/mol. The summed E-state index contributed by atoms with van der Waals surface area (Å²) in [5.41, 5.74) is 4.18. The third kappa shape index (κ3) is 6.60. The highest BCUT2D eigenvalue weighted by molar-refractivity contribution is 14.1. The second kappa shape index (κ2) is 12.3. The zero-order valence-corrected chi connectivity index (χ0v) is 21.3. The first kappa shape index (κ1) is 25.5. The van der Waals surface area contributed by atoms with Gasteiger partial charge < -0.3 is 18.9 Å². The Morgan fingerprint density at radius 2 is 2.00 bits per heavy atom. The van der Waals surface area contributed by atoms with E-state index in [0.29, 0.717) is 43.1 Å². The SMILES string of the molecule is COC(=O)CC/C(C)=C/Cc1c(OC)c(C)c2c(c1OCC(C)CCCI)C(=O)OC2. The van der Waals surface area contributed by atoms with Crippen molar-refractivity contribution in [1.82, 2.24) is 0 Å². The molecular formula is C24H33IO6. The average Bonchev–Trinajstić information content (AvgIpc) is 3.15. The highest BCUT2D eigenvalue weighted by atomic mass is 127. The summed E-state index contributed by atoms with van der Waals surface area (Å²) in [7, 11) is 3.03. The van der Waals surface area contributed by atoms with Gasteiger partial charge in [-0.2, -0.15) is 0 Å². The van der Waals surface area contributed by atoms with Crippen LogP contribution in [0, 0.1) is 12.8 Å². The first-order chi connectivity index (χ1) is 14.8. The fraction of sp³-hybridized carbons (Fsp3) is 0.583. The number of hydrogen-bond acceptors (Lipinski definition) is 6. The topological polar surface area (TPSA) is 71.1 Å². The lowest BCUT2D eigenvalue weighted by Gasteiger charge is -2.21. The van der Waals surface area contributed by atoms with Gasteiger partial charge in [0.1, 0.15) is 23.7 Å². The van der Waals surface area contributed by atoms with Gasteiger partial charge >= 0.3 is 11.9 Å². The number of alkyl halides is 1. The Kier molecular flexibility index (Phi) is 10.1. The van der Waals surface area contributed by atoms with Crippen molar-refractivity contribution in [2.75, 3.05) is 25.3 Å². The lowest BCUT2D eigenvalue weighted by atomic mass is 9.94. The third-order valence-corrected chi connectivity index (χ3v) is 6.34. The van der Waals surface area contributed by atoms with Gasteiger partial charge in [-0.15, -0.1) is 0 Å². The largest absolute Gasteiger partial charge is 0.496 e. The molecule has 172 valence electrons. The number of benzene rings is 1. The number of esters is 2. The van der Waals surface area contributed by atoms with Crippen molar-refractivity contribution in [1.29, 1.82) is 0 Å². The second-order valence-electron chi connectivity index (χ2n) is 7.97. The highest BCUT2D eigenvalue weighted by Crippen LogP contribution is 2.43. The molecular weight excluding hydrogens is 511 g/mol. The molecule has 1 aliphatic heterocycles. The molecule has 0 saturated heterocycles. The first-order valence-corrected chi connectivity index (χ1v) is 12.2. The molecule has 0 saturated carbocycles. The molecule has 1 aliphatic rings. The molecule has 0 aromatic heterocycles. The Balaban J connectivity index is 2.37. The van der Waals surface area contributed by atoms with E-state index >= 15 is 0 Å². The summed E-state index contributed by atoms with van der Waals surface area (Å²) in [6, 6.07) is 0. The molecule has 0 bridgehead atoms. The summed E-state index contributed by atoms with van der Waals surface area (Å²) in [6.45, 7) is 6.86. The van der Waals surface area contributed by atoms with Crippen LogP contribution in [0.2, 0.25) is 0 Å². The lowest BCUT2D eigenvalue weighted by Crippen LogP contribution is -2.14. The van der Waals surface area contributed by atoms with E-state index in [1.54, 1.807) is 7.11 Å². The summed E-state index contributed by atoms with van der Waals surface area (Å²) in [5, 5.41) is 0. The Morgan fingerprint density at radius 1 is 1.26 bits per heavy atom. The van der Waals surface area contributed by atoms with Gasteiger partial charge in [-0.3, -0.25) is 4.79 Å². The van der Waals surface area contributed by atoms with Crippen LogP contribution in [0.1, 0.15) is 66.6 Å². The highest BCUT2D eigenvalue weighted by Gasteiger charge is 2.33. The van der Waals surface area contributed by atoms with Crippen LogP contribution < -0.4 is 9.47 Å². The van der Waals surface area contributed by atoms with E-state index in [4.69, 9.17) is 18.9 Å². The molecule has 1 atom stereocenters. The van der Waals surface area contributed by atoms with E-state index in [0.717, 1.165) is 45.3 Å². The number of methoxy groups -OCH3 is 2. The van der Waals surface area contributed by atoms with Crippen LogP contribution in [-0.2, 0) is 27.3 Å². The van der Waals surface area contributed by atoms with Crippen LogP contribution in [-0.4, -0.2) is 37.2 Å².